The van der Waals surface area contributed by atoms with Gasteiger partial charge in [-0.15, -0.1) is 11.3 Å². The van der Waals surface area contributed by atoms with E-state index in [4.69, 9.17) is 10.3 Å². The molecule has 2 N–H and O–H groups in total. The van der Waals surface area contributed by atoms with Crippen LogP contribution in [0.1, 0.15) is 5.56 Å². The molecule has 3 aromatic rings. The van der Waals surface area contributed by atoms with Crippen LogP contribution in [0.5, 0.6) is 0 Å². The molecule has 0 unspecified atom stereocenters. The second-order valence-electron chi connectivity index (χ2n) is 4.18. The van der Waals surface area contributed by atoms with Crippen molar-refractivity contribution >= 4 is 17.2 Å². The second-order valence-corrected chi connectivity index (χ2v) is 5.10. The lowest BCUT2D eigenvalue weighted by Gasteiger charge is -2.03. The van der Waals surface area contributed by atoms with Gasteiger partial charge in [0.25, 0.3) is 0 Å². The maximum atomic E-state index is 13.9. The highest BCUT2D eigenvalue weighted by Gasteiger charge is 2.21. The molecule has 0 radical (unpaired) electrons. The smallest absolute Gasteiger partial charge is 0.230 e. The summed E-state index contributed by atoms with van der Waals surface area (Å²) in [5.41, 5.74) is 8.39. The molecule has 0 amide bonds. The largest absolute Gasteiger partial charge is 0.367 e. The minimum absolute atomic E-state index is 0.132. The highest BCUT2D eigenvalue weighted by Crippen LogP contribution is 2.40. The Morgan fingerprint density at radius 2 is 2.05 bits per heavy atom. The van der Waals surface area contributed by atoms with Crippen molar-refractivity contribution in [3.63, 3.8) is 0 Å². The van der Waals surface area contributed by atoms with Crippen LogP contribution in [-0.4, -0.2) is 5.16 Å². The van der Waals surface area contributed by atoms with Gasteiger partial charge >= 0.3 is 0 Å². The molecule has 96 valence electrons. The van der Waals surface area contributed by atoms with Crippen molar-refractivity contribution in [3.05, 3.63) is 47.1 Å². The average Bonchev–Trinajstić information content (AvgIpc) is 2.96. The van der Waals surface area contributed by atoms with E-state index >= 15 is 0 Å². The monoisotopic (exact) mass is 274 g/mol. The fourth-order valence-electron chi connectivity index (χ4n) is 2.00. The topological polar surface area (TPSA) is 52.0 Å². The number of halogens is 1. The van der Waals surface area contributed by atoms with Crippen LogP contribution in [-0.2, 0) is 0 Å². The third kappa shape index (κ3) is 1.92. The summed E-state index contributed by atoms with van der Waals surface area (Å²) in [5.74, 6) is -0.208. The molecule has 0 saturated carbocycles. The van der Waals surface area contributed by atoms with Gasteiger partial charge in [-0.2, -0.15) is 0 Å². The van der Waals surface area contributed by atoms with Crippen LogP contribution in [0.25, 0.3) is 21.7 Å². The number of aryl methyl sites for hydroxylation is 1. The van der Waals surface area contributed by atoms with Crippen LogP contribution in [0.3, 0.4) is 0 Å². The number of nitrogens with two attached hydrogens (primary N) is 1. The number of hydrogen-bond acceptors (Lipinski definition) is 4. The Bertz CT molecular complexity index is 733. The molecule has 0 spiro atoms. The fraction of sp³-hybridized carbons (Fsp3) is 0.0714. The highest BCUT2D eigenvalue weighted by molar-refractivity contribution is 7.13. The molecule has 2 aromatic heterocycles. The summed E-state index contributed by atoms with van der Waals surface area (Å²) in [6, 6.07) is 8.45. The van der Waals surface area contributed by atoms with Gasteiger partial charge in [0, 0.05) is 5.56 Å². The zero-order valence-electron chi connectivity index (χ0n) is 10.2. The maximum Gasteiger partial charge on any atom is 0.230 e. The SMILES string of the molecule is Cc1ccsc1-c1noc(N)c1-c1ccccc1F. The van der Waals surface area contributed by atoms with Crippen LogP contribution in [0.2, 0.25) is 0 Å². The molecule has 1 aromatic carbocycles. The number of rotatable bonds is 2. The molecule has 3 rings (SSSR count). The van der Waals surface area contributed by atoms with Crippen LogP contribution in [0.15, 0.2) is 40.2 Å². The zero-order valence-corrected chi connectivity index (χ0v) is 11.0. The predicted molar refractivity (Wildman–Crippen MR) is 74.4 cm³/mol. The Labute approximate surface area is 113 Å². The van der Waals surface area contributed by atoms with Crippen molar-refractivity contribution in [1.82, 2.24) is 5.16 Å². The molecule has 5 heteroatoms. The van der Waals surface area contributed by atoms with E-state index < -0.39 is 0 Å². The average molecular weight is 274 g/mol. The van der Waals surface area contributed by atoms with Gasteiger partial charge in [0.05, 0.1) is 10.4 Å². The first-order valence-electron chi connectivity index (χ1n) is 5.73. The highest BCUT2D eigenvalue weighted by atomic mass is 32.1. The van der Waals surface area contributed by atoms with Crippen LogP contribution in [0.4, 0.5) is 10.3 Å². The van der Waals surface area contributed by atoms with Gasteiger partial charge in [-0.05, 0) is 30.0 Å². The molecular formula is C14H11FN2OS. The minimum atomic E-state index is -0.340. The maximum absolute atomic E-state index is 13.9. The van der Waals surface area contributed by atoms with Gasteiger partial charge in [0.1, 0.15) is 11.5 Å². The van der Waals surface area contributed by atoms with Crippen molar-refractivity contribution in [2.24, 2.45) is 0 Å². The molecule has 3 nitrogen and oxygen atoms in total. The van der Waals surface area contributed by atoms with E-state index in [1.165, 1.54) is 17.4 Å². The third-order valence-electron chi connectivity index (χ3n) is 2.94. The predicted octanol–water partition coefficient (Wildman–Crippen LogP) is 4.10. The van der Waals surface area contributed by atoms with E-state index in [1.54, 1.807) is 18.2 Å². The van der Waals surface area contributed by atoms with Crippen LogP contribution >= 0.6 is 11.3 Å². The Hall–Kier alpha value is -2.14. The lowest BCUT2D eigenvalue weighted by molar-refractivity contribution is 0.439. The lowest BCUT2D eigenvalue weighted by Crippen LogP contribution is -1.90. The molecule has 0 aliphatic heterocycles. The minimum Gasteiger partial charge on any atom is -0.367 e. The quantitative estimate of drug-likeness (QED) is 0.765. The van der Waals surface area contributed by atoms with E-state index in [1.807, 2.05) is 18.4 Å². The number of nitrogen functional groups attached to an aromatic ring is 1. The lowest BCUT2D eigenvalue weighted by atomic mass is 10.0. The summed E-state index contributed by atoms with van der Waals surface area (Å²) in [6.45, 7) is 1.97. The summed E-state index contributed by atoms with van der Waals surface area (Å²) in [4.78, 5) is 0.943. The molecule has 0 fully saturated rings. The van der Waals surface area contributed by atoms with Crippen molar-refractivity contribution in [1.29, 1.82) is 0 Å². The molecular weight excluding hydrogens is 263 g/mol. The van der Waals surface area contributed by atoms with E-state index in [0.29, 0.717) is 16.8 Å². The van der Waals surface area contributed by atoms with E-state index in [2.05, 4.69) is 5.16 Å². The van der Waals surface area contributed by atoms with E-state index in [0.717, 1.165) is 10.4 Å². The van der Waals surface area contributed by atoms with Crippen LogP contribution in [0, 0.1) is 12.7 Å². The number of anilines is 1. The molecule has 0 saturated heterocycles. The Morgan fingerprint density at radius 3 is 2.74 bits per heavy atom. The molecule has 0 atom stereocenters. The summed E-state index contributed by atoms with van der Waals surface area (Å²) in [6.07, 6.45) is 0. The standard InChI is InChI=1S/C14H11FN2OS/c1-8-6-7-19-13(8)12-11(14(16)18-17-12)9-4-2-3-5-10(9)15/h2-7H,16H2,1H3. The van der Waals surface area contributed by atoms with Gasteiger partial charge in [0.2, 0.25) is 5.88 Å². The molecule has 2 heterocycles. The second kappa shape index (κ2) is 4.51. The Morgan fingerprint density at radius 1 is 1.26 bits per heavy atom. The summed E-state index contributed by atoms with van der Waals surface area (Å²) < 4.78 is 19.0. The van der Waals surface area contributed by atoms with Gasteiger partial charge < -0.3 is 10.3 Å². The van der Waals surface area contributed by atoms with Crippen molar-refractivity contribution < 1.29 is 8.91 Å². The zero-order chi connectivity index (χ0) is 13.4. The summed E-state index contributed by atoms with van der Waals surface area (Å²) in [7, 11) is 0. The molecule has 0 bridgehead atoms. The first kappa shape index (κ1) is 11.9. The molecule has 0 aliphatic rings. The fourth-order valence-corrected chi connectivity index (χ4v) is 2.91. The Balaban J connectivity index is 2.26. The van der Waals surface area contributed by atoms with Gasteiger partial charge in [-0.3, -0.25) is 0 Å². The number of hydrogen-bond donors (Lipinski definition) is 1. The summed E-state index contributed by atoms with van der Waals surface area (Å²) >= 11 is 1.53. The number of nitrogens with zero attached hydrogens (tertiary/aromatic N) is 1. The first-order chi connectivity index (χ1) is 9.18. The van der Waals surface area contributed by atoms with Crippen molar-refractivity contribution in [2.75, 3.05) is 5.73 Å². The molecule has 19 heavy (non-hydrogen) atoms. The Kier molecular flexibility index (Phi) is 2.83. The van der Waals surface area contributed by atoms with E-state index in [9.17, 15) is 4.39 Å². The van der Waals surface area contributed by atoms with Crippen molar-refractivity contribution in [2.45, 2.75) is 6.92 Å². The molecule has 0 aliphatic carbocycles. The number of aromatic nitrogens is 1. The van der Waals surface area contributed by atoms with E-state index in [-0.39, 0.29) is 11.7 Å². The normalized spacial score (nSPS) is 10.8. The van der Waals surface area contributed by atoms with Gasteiger partial charge in [-0.1, -0.05) is 23.4 Å². The van der Waals surface area contributed by atoms with Gasteiger partial charge in [0.15, 0.2) is 0 Å². The van der Waals surface area contributed by atoms with Crippen LogP contribution < -0.4 is 5.73 Å². The number of thiophene rings is 1. The first-order valence-corrected chi connectivity index (χ1v) is 6.61. The van der Waals surface area contributed by atoms with Gasteiger partial charge in [-0.25, -0.2) is 4.39 Å². The third-order valence-corrected chi connectivity index (χ3v) is 3.96. The summed E-state index contributed by atoms with van der Waals surface area (Å²) in [5, 5.41) is 5.94. The number of benzene rings is 1. The van der Waals surface area contributed by atoms with Crippen molar-refractivity contribution in [3.8, 4) is 21.7 Å².